The molecular formula is C12H16N4. The van der Waals surface area contributed by atoms with Crippen LogP contribution < -0.4 is 11.1 Å². The van der Waals surface area contributed by atoms with Gasteiger partial charge in [-0.15, -0.1) is 0 Å². The normalized spacial score (nSPS) is 12.3. The maximum Gasteiger partial charge on any atom is 0.0608 e. The number of nitrogens with two attached hydrogens (primary N) is 1. The van der Waals surface area contributed by atoms with Crippen molar-refractivity contribution in [3.63, 3.8) is 0 Å². The fourth-order valence-corrected chi connectivity index (χ4v) is 1.65. The van der Waals surface area contributed by atoms with Crippen LogP contribution in [0.4, 0.5) is 11.4 Å². The lowest BCUT2D eigenvalue weighted by atomic mass is 10.2. The predicted molar refractivity (Wildman–Crippen MR) is 66.2 cm³/mol. The van der Waals surface area contributed by atoms with Gasteiger partial charge in [0, 0.05) is 29.8 Å². The maximum absolute atomic E-state index is 5.71. The average Bonchev–Trinajstić information content (AvgIpc) is 2.70. The van der Waals surface area contributed by atoms with E-state index in [1.165, 1.54) is 0 Å². The quantitative estimate of drug-likeness (QED) is 0.768. The van der Waals surface area contributed by atoms with Gasteiger partial charge in [0.25, 0.3) is 0 Å². The van der Waals surface area contributed by atoms with Gasteiger partial charge in [0.05, 0.1) is 6.54 Å². The Bertz CT molecular complexity index is 436. The first-order chi connectivity index (χ1) is 7.74. The molecule has 1 heterocycles. The number of nitrogens with zero attached hydrogens (tertiary/aromatic N) is 2. The minimum Gasteiger partial charge on any atom is -0.399 e. The Labute approximate surface area is 95.1 Å². The molecule has 4 heteroatoms. The molecule has 1 unspecified atom stereocenters. The minimum absolute atomic E-state index is 0.307. The highest BCUT2D eigenvalue weighted by molar-refractivity contribution is 5.54. The lowest BCUT2D eigenvalue weighted by Crippen LogP contribution is -2.22. The molecule has 0 amide bonds. The predicted octanol–water partition coefficient (Wildman–Crippen LogP) is 1.97. The van der Waals surface area contributed by atoms with Gasteiger partial charge >= 0.3 is 0 Å². The van der Waals surface area contributed by atoms with E-state index in [2.05, 4.69) is 17.3 Å². The number of anilines is 2. The summed E-state index contributed by atoms with van der Waals surface area (Å²) in [6.45, 7) is 2.95. The molecule has 84 valence electrons. The summed E-state index contributed by atoms with van der Waals surface area (Å²) in [5.74, 6) is 0. The van der Waals surface area contributed by atoms with Gasteiger partial charge < -0.3 is 11.1 Å². The molecule has 0 saturated carbocycles. The molecule has 0 aliphatic heterocycles. The second kappa shape index (κ2) is 4.70. The lowest BCUT2D eigenvalue weighted by molar-refractivity contribution is 0.561. The van der Waals surface area contributed by atoms with Crippen LogP contribution in [0.1, 0.15) is 6.92 Å². The molecule has 0 radical (unpaired) electrons. The molecule has 1 aromatic heterocycles. The average molecular weight is 216 g/mol. The van der Waals surface area contributed by atoms with Gasteiger partial charge in [0.2, 0.25) is 0 Å². The smallest absolute Gasteiger partial charge is 0.0608 e. The van der Waals surface area contributed by atoms with E-state index in [4.69, 9.17) is 5.73 Å². The number of rotatable bonds is 4. The third-order valence-electron chi connectivity index (χ3n) is 2.32. The van der Waals surface area contributed by atoms with Crippen molar-refractivity contribution in [2.75, 3.05) is 11.1 Å². The number of hydrogen-bond acceptors (Lipinski definition) is 3. The highest BCUT2D eigenvalue weighted by Crippen LogP contribution is 2.13. The molecule has 0 spiro atoms. The fraction of sp³-hybridized carbons (Fsp3) is 0.250. The molecule has 0 bridgehead atoms. The maximum atomic E-state index is 5.71. The molecule has 0 aliphatic carbocycles. The number of hydrogen-bond donors (Lipinski definition) is 2. The Balaban J connectivity index is 1.94. The van der Waals surface area contributed by atoms with Crippen molar-refractivity contribution in [3.8, 4) is 0 Å². The first kappa shape index (κ1) is 10.5. The van der Waals surface area contributed by atoms with Crippen LogP contribution in [0.3, 0.4) is 0 Å². The summed E-state index contributed by atoms with van der Waals surface area (Å²) in [4.78, 5) is 0. The molecule has 0 fully saturated rings. The Morgan fingerprint density at radius 3 is 3.00 bits per heavy atom. The molecule has 1 atom stereocenters. The fourth-order valence-electron chi connectivity index (χ4n) is 1.65. The van der Waals surface area contributed by atoms with Crippen molar-refractivity contribution in [3.05, 3.63) is 42.7 Å². The Morgan fingerprint density at radius 2 is 2.31 bits per heavy atom. The van der Waals surface area contributed by atoms with E-state index in [0.29, 0.717) is 6.04 Å². The van der Waals surface area contributed by atoms with E-state index in [0.717, 1.165) is 17.9 Å². The topological polar surface area (TPSA) is 55.9 Å². The standard InChI is InChI=1S/C12H16N4/c1-10(9-16-7-3-6-14-16)15-12-5-2-4-11(13)8-12/h2-8,10,15H,9,13H2,1H3. The number of benzene rings is 1. The first-order valence-corrected chi connectivity index (χ1v) is 5.33. The summed E-state index contributed by atoms with van der Waals surface area (Å²) in [7, 11) is 0. The van der Waals surface area contributed by atoms with E-state index >= 15 is 0 Å². The van der Waals surface area contributed by atoms with Gasteiger partial charge in [-0.1, -0.05) is 6.07 Å². The monoisotopic (exact) mass is 216 g/mol. The summed E-state index contributed by atoms with van der Waals surface area (Å²) in [5, 5.41) is 7.55. The van der Waals surface area contributed by atoms with Crippen LogP contribution in [0.15, 0.2) is 42.7 Å². The van der Waals surface area contributed by atoms with Crippen LogP contribution in [0, 0.1) is 0 Å². The van der Waals surface area contributed by atoms with Crippen molar-refractivity contribution in [1.29, 1.82) is 0 Å². The van der Waals surface area contributed by atoms with Crippen molar-refractivity contribution in [2.24, 2.45) is 0 Å². The minimum atomic E-state index is 0.307. The van der Waals surface area contributed by atoms with Crippen LogP contribution in [0.5, 0.6) is 0 Å². The van der Waals surface area contributed by atoms with Gasteiger partial charge in [-0.2, -0.15) is 5.10 Å². The SMILES string of the molecule is CC(Cn1cccn1)Nc1cccc(N)c1. The molecule has 0 saturated heterocycles. The third kappa shape index (κ3) is 2.76. The molecule has 0 aliphatic rings. The van der Waals surface area contributed by atoms with E-state index in [9.17, 15) is 0 Å². The van der Waals surface area contributed by atoms with E-state index in [1.54, 1.807) is 6.20 Å². The molecular weight excluding hydrogens is 200 g/mol. The van der Waals surface area contributed by atoms with Crippen LogP contribution in [-0.2, 0) is 6.54 Å². The second-order valence-electron chi connectivity index (χ2n) is 3.90. The highest BCUT2D eigenvalue weighted by Gasteiger charge is 2.03. The summed E-state index contributed by atoms with van der Waals surface area (Å²) in [6.07, 6.45) is 3.74. The number of nitrogens with one attached hydrogen (secondary N) is 1. The largest absolute Gasteiger partial charge is 0.399 e. The Kier molecular flexibility index (Phi) is 3.10. The highest BCUT2D eigenvalue weighted by atomic mass is 15.3. The lowest BCUT2D eigenvalue weighted by Gasteiger charge is -2.15. The Morgan fingerprint density at radius 1 is 1.44 bits per heavy atom. The second-order valence-corrected chi connectivity index (χ2v) is 3.90. The zero-order valence-electron chi connectivity index (χ0n) is 9.30. The van der Waals surface area contributed by atoms with Crippen molar-refractivity contribution in [2.45, 2.75) is 19.5 Å². The summed E-state index contributed by atoms with van der Waals surface area (Å²) in [5.41, 5.74) is 7.53. The van der Waals surface area contributed by atoms with Gasteiger partial charge in [-0.3, -0.25) is 4.68 Å². The van der Waals surface area contributed by atoms with Crippen LogP contribution >= 0.6 is 0 Å². The molecule has 2 aromatic rings. The molecule has 3 N–H and O–H groups in total. The summed E-state index contributed by atoms with van der Waals surface area (Å²) < 4.78 is 1.91. The number of nitrogen functional groups attached to an aromatic ring is 1. The van der Waals surface area contributed by atoms with Crippen molar-refractivity contribution in [1.82, 2.24) is 9.78 Å². The molecule has 1 aromatic carbocycles. The van der Waals surface area contributed by atoms with Crippen LogP contribution in [0.25, 0.3) is 0 Å². The van der Waals surface area contributed by atoms with Crippen molar-refractivity contribution < 1.29 is 0 Å². The van der Waals surface area contributed by atoms with E-state index in [1.807, 2.05) is 41.2 Å². The molecule has 4 nitrogen and oxygen atoms in total. The Hall–Kier alpha value is -1.97. The van der Waals surface area contributed by atoms with Gasteiger partial charge in [0.1, 0.15) is 0 Å². The van der Waals surface area contributed by atoms with Gasteiger partial charge in [-0.25, -0.2) is 0 Å². The van der Waals surface area contributed by atoms with Crippen LogP contribution in [-0.4, -0.2) is 15.8 Å². The van der Waals surface area contributed by atoms with E-state index < -0.39 is 0 Å². The number of aromatic nitrogens is 2. The first-order valence-electron chi connectivity index (χ1n) is 5.33. The van der Waals surface area contributed by atoms with Gasteiger partial charge in [-0.05, 0) is 31.2 Å². The zero-order chi connectivity index (χ0) is 11.4. The molecule has 2 rings (SSSR count). The third-order valence-corrected chi connectivity index (χ3v) is 2.32. The molecule has 16 heavy (non-hydrogen) atoms. The van der Waals surface area contributed by atoms with Gasteiger partial charge in [0.15, 0.2) is 0 Å². The zero-order valence-corrected chi connectivity index (χ0v) is 9.30. The van der Waals surface area contributed by atoms with E-state index in [-0.39, 0.29) is 0 Å². The summed E-state index contributed by atoms with van der Waals surface area (Å²) >= 11 is 0. The summed E-state index contributed by atoms with van der Waals surface area (Å²) in [6, 6.07) is 9.99. The van der Waals surface area contributed by atoms with Crippen LogP contribution in [0.2, 0.25) is 0 Å². The van der Waals surface area contributed by atoms with Crippen molar-refractivity contribution >= 4 is 11.4 Å².